The van der Waals surface area contributed by atoms with Crippen LogP contribution in [0, 0.1) is 13.8 Å². The molecule has 1 aliphatic heterocycles. The van der Waals surface area contributed by atoms with E-state index >= 15 is 0 Å². The molecule has 196 valence electrons. The summed E-state index contributed by atoms with van der Waals surface area (Å²) in [6.45, 7) is 3.89. The Morgan fingerprint density at radius 2 is 1.63 bits per heavy atom. The fourth-order valence-corrected chi connectivity index (χ4v) is 7.44. The molecule has 0 saturated heterocycles. The van der Waals surface area contributed by atoms with Gasteiger partial charge in [-0.25, -0.2) is 16.8 Å². The molecule has 1 aliphatic rings. The first-order valence-corrected chi connectivity index (χ1v) is 15.0. The van der Waals surface area contributed by atoms with Crippen molar-refractivity contribution in [2.24, 2.45) is 0 Å². The lowest BCUT2D eigenvalue weighted by molar-refractivity contribution is -0.116. The molecule has 5 rings (SSSR count). The highest BCUT2D eigenvalue weighted by Gasteiger charge is 2.35. The SMILES string of the molecule is Cc1ccc(C)c(NS(=O)(=O)c2ccc(NC(=O)CCCN3c4cccc5cccc(c45)S3(=O)=O)cc2)c1. The predicted octanol–water partition coefficient (Wildman–Crippen LogP) is 5.19. The first-order chi connectivity index (χ1) is 18.1. The molecule has 38 heavy (non-hydrogen) atoms. The standard InChI is InChI=1S/C28H27N3O5S2/c1-19-11-12-20(2)24(18-19)30-37(33,34)23-15-13-22(14-16-23)29-27(32)10-5-17-31-25-8-3-6-21-7-4-9-26(28(21)25)38(31,35)36/h3-4,6-9,11-16,18,30H,5,10,17H2,1-2H3,(H,29,32). The highest BCUT2D eigenvalue weighted by Crippen LogP contribution is 2.42. The maximum Gasteiger partial charge on any atom is 0.265 e. The van der Waals surface area contributed by atoms with Gasteiger partial charge in [-0.15, -0.1) is 0 Å². The van der Waals surface area contributed by atoms with Crippen LogP contribution in [0.4, 0.5) is 17.1 Å². The normalized spacial score (nSPS) is 14.0. The number of amides is 1. The Labute approximate surface area is 222 Å². The number of carbonyl (C=O) groups is 1. The number of nitrogens with one attached hydrogen (secondary N) is 2. The molecule has 0 aliphatic carbocycles. The largest absolute Gasteiger partial charge is 0.326 e. The number of nitrogens with zero attached hydrogens (tertiary/aromatic N) is 1. The molecule has 8 nitrogen and oxygen atoms in total. The van der Waals surface area contributed by atoms with Crippen molar-refractivity contribution in [2.45, 2.75) is 36.5 Å². The minimum Gasteiger partial charge on any atom is -0.326 e. The van der Waals surface area contributed by atoms with Gasteiger partial charge >= 0.3 is 0 Å². The molecule has 2 N–H and O–H groups in total. The van der Waals surface area contributed by atoms with E-state index in [2.05, 4.69) is 10.0 Å². The van der Waals surface area contributed by atoms with Crippen LogP contribution >= 0.6 is 0 Å². The van der Waals surface area contributed by atoms with Gasteiger partial charge in [0.05, 0.1) is 21.2 Å². The molecular weight excluding hydrogens is 522 g/mol. The predicted molar refractivity (Wildman–Crippen MR) is 150 cm³/mol. The Morgan fingerprint density at radius 1 is 0.921 bits per heavy atom. The van der Waals surface area contributed by atoms with Crippen LogP contribution in [-0.2, 0) is 24.8 Å². The lowest BCUT2D eigenvalue weighted by atomic mass is 10.1. The maximum absolute atomic E-state index is 13.1. The van der Waals surface area contributed by atoms with Crippen LogP contribution < -0.4 is 14.3 Å². The van der Waals surface area contributed by atoms with Crippen LogP contribution in [-0.4, -0.2) is 29.3 Å². The number of benzene rings is 4. The van der Waals surface area contributed by atoms with E-state index in [4.69, 9.17) is 0 Å². The van der Waals surface area contributed by atoms with Crippen molar-refractivity contribution < 1.29 is 21.6 Å². The molecule has 0 bridgehead atoms. The topological polar surface area (TPSA) is 113 Å². The van der Waals surface area contributed by atoms with Crippen LogP contribution in [0.2, 0.25) is 0 Å². The second kappa shape index (κ2) is 9.77. The van der Waals surface area contributed by atoms with Crippen molar-refractivity contribution in [3.05, 3.63) is 90.0 Å². The van der Waals surface area contributed by atoms with E-state index in [1.54, 1.807) is 24.3 Å². The summed E-state index contributed by atoms with van der Waals surface area (Å²) in [5, 5.41) is 4.32. The van der Waals surface area contributed by atoms with Gasteiger partial charge in [-0.2, -0.15) is 0 Å². The van der Waals surface area contributed by atoms with E-state index in [1.165, 1.54) is 28.6 Å². The number of hydrogen-bond acceptors (Lipinski definition) is 5. The Hall–Kier alpha value is -3.89. The first kappa shape index (κ1) is 25.7. The van der Waals surface area contributed by atoms with Gasteiger partial charge in [0.1, 0.15) is 0 Å². The molecule has 10 heteroatoms. The zero-order valence-electron chi connectivity index (χ0n) is 20.9. The third-order valence-corrected chi connectivity index (χ3v) is 9.77. The van der Waals surface area contributed by atoms with Crippen molar-refractivity contribution in [1.82, 2.24) is 0 Å². The van der Waals surface area contributed by atoms with Gasteiger partial charge in [0.2, 0.25) is 5.91 Å². The lowest BCUT2D eigenvalue weighted by Gasteiger charge is -2.18. The highest BCUT2D eigenvalue weighted by molar-refractivity contribution is 7.93. The van der Waals surface area contributed by atoms with Crippen LogP contribution in [0.3, 0.4) is 0 Å². The number of aryl methyl sites for hydroxylation is 2. The molecule has 0 unspecified atom stereocenters. The van der Waals surface area contributed by atoms with Crippen LogP contribution in [0.15, 0.2) is 88.7 Å². The summed E-state index contributed by atoms with van der Waals surface area (Å²) in [4.78, 5) is 12.9. The van der Waals surface area contributed by atoms with Crippen LogP contribution in [0.5, 0.6) is 0 Å². The monoisotopic (exact) mass is 549 g/mol. The number of carbonyl (C=O) groups excluding carboxylic acids is 1. The van der Waals surface area contributed by atoms with Gasteiger partial charge in [0.15, 0.2) is 0 Å². The molecule has 4 aromatic rings. The average Bonchev–Trinajstić information content (AvgIpc) is 3.09. The van der Waals surface area contributed by atoms with Gasteiger partial charge < -0.3 is 5.32 Å². The summed E-state index contributed by atoms with van der Waals surface area (Å²) in [7, 11) is -7.46. The van der Waals surface area contributed by atoms with Gasteiger partial charge in [-0.3, -0.25) is 13.8 Å². The van der Waals surface area contributed by atoms with Crippen molar-refractivity contribution in [3.8, 4) is 0 Å². The zero-order valence-corrected chi connectivity index (χ0v) is 22.6. The summed E-state index contributed by atoms with van der Waals surface area (Å²) in [5.74, 6) is -0.290. The summed E-state index contributed by atoms with van der Waals surface area (Å²) < 4.78 is 55.7. The van der Waals surface area contributed by atoms with Crippen molar-refractivity contribution in [1.29, 1.82) is 0 Å². The van der Waals surface area contributed by atoms with Crippen molar-refractivity contribution >= 4 is 53.8 Å². The zero-order chi connectivity index (χ0) is 27.1. The fraction of sp³-hybridized carbons (Fsp3) is 0.179. The fourth-order valence-electron chi connectivity index (χ4n) is 4.57. The molecule has 0 radical (unpaired) electrons. The van der Waals surface area contributed by atoms with Gasteiger partial charge in [-0.1, -0.05) is 36.4 Å². The summed E-state index contributed by atoms with van der Waals surface area (Å²) in [5.41, 5.74) is 3.35. The van der Waals surface area contributed by atoms with E-state index in [-0.39, 0.29) is 28.7 Å². The van der Waals surface area contributed by atoms with Crippen LogP contribution in [0.1, 0.15) is 24.0 Å². The molecule has 0 atom stereocenters. The molecule has 0 aromatic heterocycles. The molecular formula is C28H27N3O5S2. The molecule has 0 fully saturated rings. The summed E-state index contributed by atoms with van der Waals surface area (Å²) in [6.07, 6.45) is 0.425. The summed E-state index contributed by atoms with van der Waals surface area (Å²) in [6, 6.07) is 22.1. The van der Waals surface area contributed by atoms with Crippen molar-refractivity contribution in [2.75, 3.05) is 20.9 Å². The van der Waals surface area contributed by atoms with E-state index in [9.17, 15) is 21.6 Å². The summed E-state index contributed by atoms with van der Waals surface area (Å²) >= 11 is 0. The molecule has 1 amide bonds. The Balaban J connectivity index is 1.20. The molecule has 4 aromatic carbocycles. The van der Waals surface area contributed by atoms with E-state index in [1.807, 2.05) is 44.2 Å². The third-order valence-electron chi connectivity index (χ3n) is 6.53. The Kier molecular flexibility index (Phi) is 6.62. The quantitative estimate of drug-likeness (QED) is 0.314. The average molecular weight is 550 g/mol. The molecule has 1 heterocycles. The Morgan fingerprint density at radius 3 is 2.37 bits per heavy atom. The van der Waals surface area contributed by atoms with Gasteiger partial charge in [-0.05, 0) is 79.2 Å². The molecule has 0 saturated carbocycles. The smallest absolute Gasteiger partial charge is 0.265 e. The van der Waals surface area contributed by atoms with Gasteiger partial charge in [0.25, 0.3) is 20.0 Å². The third kappa shape index (κ3) is 4.84. The molecule has 0 spiro atoms. The Bertz CT molecular complexity index is 1760. The van der Waals surface area contributed by atoms with E-state index in [0.29, 0.717) is 28.9 Å². The number of hydrogen-bond donors (Lipinski definition) is 2. The second-order valence-electron chi connectivity index (χ2n) is 9.31. The van der Waals surface area contributed by atoms with Crippen LogP contribution in [0.25, 0.3) is 10.8 Å². The number of sulfonamides is 2. The minimum atomic E-state index is -3.80. The number of anilines is 3. The first-order valence-electron chi connectivity index (χ1n) is 12.1. The highest BCUT2D eigenvalue weighted by atomic mass is 32.2. The number of rotatable bonds is 8. The minimum absolute atomic E-state index is 0.0735. The second-order valence-corrected chi connectivity index (χ2v) is 12.8. The lowest BCUT2D eigenvalue weighted by Crippen LogP contribution is -2.28. The van der Waals surface area contributed by atoms with E-state index < -0.39 is 20.0 Å². The maximum atomic E-state index is 13.1. The van der Waals surface area contributed by atoms with Crippen molar-refractivity contribution in [3.63, 3.8) is 0 Å². The van der Waals surface area contributed by atoms with E-state index in [0.717, 1.165) is 16.5 Å². The van der Waals surface area contributed by atoms with Gasteiger partial charge in [0, 0.05) is 24.0 Å².